The van der Waals surface area contributed by atoms with E-state index in [1.54, 1.807) is 0 Å². The van der Waals surface area contributed by atoms with Gasteiger partial charge in [0.25, 0.3) is 0 Å². The fourth-order valence-corrected chi connectivity index (χ4v) is 8.21. The van der Waals surface area contributed by atoms with Crippen LogP contribution >= 0.6 is 17.2 Å². The SMILES string of the molecule is C1CCC(OP(OC2CCCCC2)OC2CCCCC2)CC1.c1ccc(OP(Oc2ccccc2)Oc2ccccc2)cc1. The molecule has 0 bridgehead atoms. The van der Waals surface area contributed by atoms with Crippen molar-refractivity contribution in [3.63, 3.8) is 0 Å². The highest BCUT2D eigenvalue weighted by atomic mass is 31.2. The molecule has 0 heterocycles. The number of rotatable bonds is 12. The molecular formula is C36H48O6P2. The first kappa shape index (κ1) is 33.2. The predicted molar refractivity (Wildman–Crippen MR) is 179 cm³/mol. The monoisotopic (exact) mass is 638 g/mol. The standard InChI is InChI=1S/C18H33O3P.C18H15O3P/c2*1-4-10-16(11-5-1)19-22(20-17-12-6-2-7-13-17)21-18-14-8-3-9-15-18/h16-18H,1-15H2;1-15H. The molecule has 0 aliphatic heterocycles. The third kappa shape index (κ3) is 12.3. The van der Waals surface area contributed by atoms with E-state index in [1.807, 2.05) is 91.0 Å². The molecule has 0 spiro atoms. The van der Waals surface area contributed by atoms with E-state index in [-0.39, 0.29) is 0 Å². The van der Waals surface area contributed by atoms with Gasteiger partial charge in [-0.1, -0.05) is 112 Å². The van der Waals surface area contributed by atoms with Crippen molar-refractivity contribution in [1.82, 2.24) is 0 Å². The van der Waals surface area contributed by atoms with Crippen LogP contribution in [0.25, 0.3) is 0 Å². The summed E-state index contributed by atoms with van der Waals surface area (Å²) < 4.78 is 36.5. The molecule has 0 radical (unpaired) electrons. The fraction of sp³-hybridized carbons (Fsp3) is 0.500. The Morgan fingerprint density at radius 3 is 0.886 bits per heavy atom. The van der Waals surface area contributed by atoms with Crippen LogP contribution in [0.15, 0.2) is 91.0 Å². The van der Waals surface area contributed by atoms with E-state index < -0.39 is 17.2 Å². The Morgan fingerprint density at radius 1 is 0.341 bits per heavy atom. The Morgan fingerprint density at radius 2 is 0.614 bits per heavy atom. The molecule has 3 fully saturated rings. The normalized spacial score (nSPS) is 18.4. The van der Waals surface area contributed by atoms with Gasteiger partial charge >= 0.3 is 17.2 Å². The number of para-hydroxylation sites is 3. The maximum atomic E-state index is 6.32. The van der Waals surface area contributed by atoms with Crippen LogP contribution in [0.2, 0.25) is 0 Å². The Labute approximate surface area is 266 Å². The van der Waals surface area contributed by atoms with E-state index in [4.69, 9.17) is 27.1 Å². The van der Waals surface area contributed by atoms with E-state index >= 15 is 0 Å². The molecule has 0 N–H and O–H groups in total. The van der Waals surface area contributed by atoms with Crippen LogP contribution in [0.5, 0.6) is 17.2 Å². The van der Waals surface area contributed by atoms with Crippen molar-refractivity contribution in [2.75, 3.05) is 0 Å². The van der Waals surface area contributed by atoms with Crippen LogP contribution in [0.1, 0.15) is 96.3 Å². The lowest BCUT2D eigenvalue weighted by Gasteiger charge is -2.32. The summed E-state index contributed by atoms with van der Waals surface area (Å²) in [6.07, 6.45) is 20.3. The van der Waals surface area contributed by atoms with Crippen molar-refractivity contribution in [3.8, 4) is 17.2 Å². The zero-order chi connectivity index (χ0) is 30.1. The van der Waals surface area contributed by atoms with Gasteiger partial charge in [0.15, 0.2) is 0 Å². The molecule has 238 valence electrons. The maximum absolute atomic E-state index is 6.32. The lowest BCUT2D eigenvalue weighted by molar-refractivity contribution is 0.0356. The first-order valence-corrected chi connectivity index (χ1v) is 18.8. The molecule has 6 rings (SSSR count). The molecule has 0 atom stereocenters. The van der Waals surface area contributed by atoms with Crippen LogP contribution < -0.4 is 13.6 Å². The highest BCUT2D eigenvalue weighted by molar-refractivity contribution is 7.43. The van der Waals surface area contributed by atoms with Crippen LogP contribution in [0.3, 0.4) is 0 Å². The summed E-state index contributed by atoms with van der Waals surface area (Å²) in [4.78, 5) is 0. The van der Waals surface area contributed by atoms with Crippen molar-refractivity contribution >= 4 is 17.2 Å². The summed E-state index contributed by atoms with van der Waals surface area (Å²) in [5.74, 6) is 2.13. The van der Waals surface area contributed by atoms with Gasteiger partial charge in [-0.25, -0.2) is 0 Å². The summed E-state index contributed by atoms with van der Waals surface area (Å²) in [5.41, 5.74) is 0. The van der Waals surface area contributed by atoms with Crippen molar-refractivity contribution in [1.29, 1.82) is 0 Å². The van der Waals surface area contributed by atoms with Gasteiger partial charge in [-0.2, -0.15) is 0 Å². The molecule has 0 amide bonds. The second-order valence-electron chi connectivity index (χ2n) is 11.8. The maximum Gasteiger partial charge on any atom is 0.530 e. The molecule has 3 aromatic carbocycles. The quantitative estimate of drug-likeness (QED) is 0.184. The van der Waals surface area contributed by atoms with Crippen LogP contribution in [0, 0.1) is 0 Å². The van der Waals surface area contributed by atoms with E-state index in [1.165, 1.54) is 96.3 Å². The van der Waals surface area contributed by atoms with Gasteiger partial charge in [-0.15, -0.1) is 0 Å². The summed E-state index contributed by atoms with van der Waals surface area (Å²) in [6, 6.07) is 28.5. The van der Waals surface area contributed by atoms with E-state index in [0.29, 0.717) is 35.6 Å². The zero-order valence-electron chi connectivity index (χ0n) is 25.8. The van der Waals surface area contributed by atoms with Gasteiger partial charge in [0, 0.05) is 0 Å². The van der Waals surface area contributed by atoms with Crippen LogP contribution in [-0.2, 0) is 13.6 Å². The lowest BCUT2D eigenvalue weighted by atomic mass is 9.98. The molecule has 6 nitrogen and oxygen atoms in total. The molecule has 8 heteroatoms. The first-order valence-electron chi connectivity index (χ1n) is 16.6. The molecule has 0 saturated heterocycles. The Hall–Kier alpha value is -2.20. The molecule has 0 unspecified atom stereocenters. The lowest BCUT2D eigenvalue weighted by Crippen LogP contribution is -2.22. The summed E-state index contributed by atoms with van der Waals surface area (Å²) in [5, 5.41) is 0. The first-order chi connectivity index (χ1) is 21.8. The molecule has 3 aliphatic rings. The average Bonchev–Trinajstić information content (AvgIpc) is 3.08. The Kier molecular flexibility index (Phi) is 14.6. The average molecular weight is 639 g/mol. The van der Waals surface area contributed by atoms with Crippen molar-refractivity contribution < 1.29 is 27.1 Å². The molecule has 3 saturated carbocycles. The van der Waals surface area contributed by atoms with E-state index in [2.05, 4.69) is 0 Å². The highest BCUT2D eigenvalue weighted by Gasteiger charge is 2.29. The number of hydrogen-bond acceptors (Lipinski definition) is 6. The largest absolute Gasteiger partial charge is 0.530 e. The van der Waals surface area contributed by atoms with E-state index in [9.17, 15) is 0 Å². The van der Waals surface area contributed by atoms with Crippen LogP contribution in [-0.4, -0.2) is 18.3 Å². The third-order valence-corrected chi connectivity index (χ3v) is 10.6. The minimum atomic E-state index is -1.59. The predicted octanol–water partition coefficient (Wildman–Crippen LogP) is 11.7. The number of benzene rings is 3. The molecule has 44 heavy (non-hydrogen) atoms. The second kappa shape index (κ2) is 19.3. The summed E-state index contributed by atoms with van der Waals surface area (Å²) in [6.45, 7) is 0. The van der Waals surface area contributed by atoms with E-state index in [0.717, 1.165) is 0 Å². The molecule has 3 aliphatic carbocycles. The van der Waals surface area contributed by atoms with Gasteiger partial charge in [0.1, 0.15) is 17.2 Å². The van der Waals surface area contributed by atoms with Gasteiger partial charge in [0.05, 0.1) is 18.3 Å². The van der Waals surface area contributed by atoms with Gasteiger partial charge in [0.2, 0.25) is 0 Å². The minimum absolute atomic E-state index is 0.382. The zero-order valence-corrected chi connectivity index (χ0v) is 27.6. The molecule has 0 aromatic heterocycles. The van der Waals surface area contributed by atoms with Crippen molar-refractivity contribution in [2.45, 2.75) is 115 Å². The highest BCUT2D eigenvalue weighted by Crippen LogP contribution is 2.49. The topological polar surface area (TPSA) is 55.4 Å². The second-order valence-corrected chi connectivity index (χ2v) is 13.8. The Bertz CT molecular complexity index is 991. The van der Waals surface area contributed by atoms with Gasteiger partial charge in [-0.05, 0) is 74.9 Å². The number of hydrogen-bond donors (Lipinski definition) is 0. The summed E-state index contributed by atoms with van der Waals surface area (Å²) >= 11 is 0. The minimum Gasteiger partial charge on any atom is -0.409 e. The fourth-order valence-electron chi connectivity index (χ4n) is 5.71. The molecule has 3 aromatic rings. The Balaban J connectivity index is 0.000000175. The third-order valence-electron chi connectivity index (χ3n) is 8.13. The van der Waals surface area contributed by atoms with Gasteiger partial charge < -0.3 is 27.1 Å². The molecular weight excluding hydrogens is 590 g/mol. The van der Waals surface area contributed by atoms with Crippen LogP contribution in [0.4, 0.5) is 0 Å². The smallest absolute Gasteiger partial charge is 0.409 e. The summed E-state index contributed by atoms with van der Waals surface area (Å²) in [7, 11) is -2.72. The van der Waals surface area contributed by atoms with Gasteiger partial charge in [-0.3, -0.25) is 0 Å². The van der Waals surface area contributed by atoms with Crippen molar-refractivity contribution in [3.05, 3.63) is 91.0 Å². The van der Waals surface area contributed by atoms with Crippen molar-refractivity contribution in [2.24, 2.45) is 0 Å².